The van der Waals surface area contributed by atoms with Gasteiger partial charge in [0.05, 0.1) is 39.8 Å². The van der Waals surface area contributed by atoms with Gasteiger partial charge in [-0.25, -0.2) is 36.7 Å². The van der Waals surface area contributed by atoms with E-state index in [0.717, 1.165) is 32.4 Å². The van der Waals surface area contributed by atoms with Gasteiger partial charge in [-0.15, -0.1) is 0 Å². The molecule has 21 nitrogen and oxygen atoms in total. The summed E-state index contributed by atoms with van der Waals surface area (Å²) in [5.74, 6) is -3.72. The molecular weight excluding hydrogens is 815 g/mol. The van der Waals surface area contributed by atoms with E-state index in [-0.39, 0.29) is 61.4 Å². The number of sulfonamides is 1. The molecule has 308 valence electrons. The average molecular weight is 844 g/mol. The number of hydrogen-bond donors (Lipinski definition) is 3. The lowest BCUT2D eigenvalue weighted by atomic mass is 10.1. The Bertz CT molecular complexity index is 3200. The first kappa shape index (κ1) is 40.4. The van der Waals surface area contributed by atoms with Crippen LogP contribution in [0.3, 0.4) is 0 Å². The number of hydrogen-bond acceptors (Lipinski definition) is 17. The average Bonchev–Trinajstić information content (AvgIpc) is 3.53. The number of ether oxygens (including phenoxy) is 4. The number of methoxy groups -OCH3 is 2. The van der Waals surface area contributed by atoms with Gasteiger partial charge in [-0.05, 0) is 80.6 Å². The van der Waals surface area contributed by atoms with Gasteiger partial charge in [0.25, 0.3) is 27.0 Å². The fraction of sp³-hybridized carbons (Fsp3) is 0.132. The first-order chi connectivity index (χ1) is 28.6. The first-order valence-electron chi connectivity index (χ1n) is 17.1. The van der Waals surface area contributed by atoms with E-state index in [1.165, 1.54) is 60.7 Å². The van der Waals surface area contributed by atoms with Crippen LogP contribution in [0.25, 0.3) is 33.3 Å². The number of rotatable bonds is 11. The van der Waals surface area contributed by atoms with Gasteiger partial charge in [-0.2, -0.15) is 4.98 Å². The molecule has 0 aliphatic rings. The van der Waals surface area contributed by atoms with Crippen LogP contribution in [0.2, 0.25) is 0 Å². The molecule has 3 N–H and O–H groups in total. The zero-order valence-electron chi connectivity index (χ0n) is 31.4. The Labute approximate surface area is 334 Å². The molecule has 0 spiro atoms. The summed E-state index contributed by atoms with van der Waals surface area (Å²) in [5.41, 5.74) is -3.36. The second-order valence-corrected chi connectivity index (χ2v) is 14.2. The van der Waals surface area contributed by atoms with E-state index in [1.807, 2.05) is 0 Å². The van der Waals surface area contributed by atoms with E-state index in [0.29, 0.717) is 20.6 Å². The standard InChI is InChI=1S/C38H29N5O16S/c1-18-19(2)55-34(39-18)41-60(51,52)24-13-11-21(12-14-24)40-31(44)20-15-22(42-32(45)25-7-5-9-27(56-37(49)53-3)29(25)58-35(42)47)17-23(16-20)43-33(46)26-8-6-10-28(57-38(50)54-4)30(26)59-36(43)48/h5-17,37,49H,1-4H3,(H,39,41)(H,40,44). The molecule has 1 unspecified atom stereocenters. The number of para-hydroxylation sites is 2. The Hall–Kier alpha value is -7.82. The number of aryl methyl sites for hydroxylation is 2. The molecule has 60 heavy (non-hydrogen) atoms. The van der Waals surface area contributed by atoms with Crippen molar-refractivity contribution in [3.63, 3.8) is 0 Å². The number of aromatic nitrogens is 3. The molecule has 3 heterocycles. The van der Waals surface area contributed by atoms with Crippen LogP contribution < -0.4 is 42.1 Å². The van der Waals surface area contributed by atoms with Crippen molar-refractivity contribution >= 4 is 55.7 Å². The molecule has 0 radical (unpaired) electrons. The number of anilines is 2. The monoisotopic (exact) mass is 843 g/mol. The molecule has 0 aliphatic heterocycles. The topological polar surface area (TPSA) is 280 Å². The normalized spacial score (nSPS) is 11.9. The predicted octanol–water partition coefficient (Wildman–Crippen LogP) is 3.31. The van der Waals surface area contributed by atoms with Crippen LogP contribution in [0.5, 0.6) is 11.5 Å². The lowest BCUT2D eigenvalue weighted by Crippen LogP contribution is -2.33. The largest absolute Gasteiger partial charge is 0.513 e. The number of nitrogens with zero attached hydrogens (tertiary/aromatic N) is 3. The highest BCUT2D eigenvalue weighted by molar-refractivity contribution is 7.92. The van der Waals surface area contributed by atoms with E-state index in [1.54, 1.807) is 13.8 Å². The zero-order chi connectivity index (χ0) is 43.0. The fourth-order valence-electron chi connectivity index (χ4n) is 5.75. The Balaban J connectivity index is 1.34. The quantitative estimate of drug-likeness (QED) is 0.0957. The van der Waals surface area contributed by atoms with E-state index in [4.69, 9.17) is 22.7 Å². The number of aliphatic hydroxyl groups excluding tert-OH is 1. The molecule has 1 amide bonds. The molecule has 7 rings (SSSR count). The maximum Gasteiger partial charge on any atom is 0.513 e. The number of aliphatic hydroxyl groups is 1. The summed E-state index contributed by atoms with van der Waals surface area (Å²) < 4.78 is 64.8. The lowest BCUT2D eigenvalue weighted by Gasteiger charge is -2.14. The molecule has 22 heteroatoms. The highest BCUT2D eigenvalue weighted by Gasteiger charge is 2.23. The SMILES string of the molecule is COC(=O)Oc1cccc2c(=O)n(-c3cc(C(=O)Nc4ccc(S(=O)(=O)Nc5nc(C)c(C)o5)cc4)cc(-n4c(=O)oc5c(OC(O)OC)cccc5c4=O)c3)c(=O)oc12. The van der Waals surface area contributed by atoms with Crippen LogP contribution in [-0.2, 0) is 19.5 Å². The van der Waals surface area contributed by atoms with Gasteiger partial charge in [-0.1, -0.05) is 12.1 Å². The van der Waals surface area contributed by atoms with E-state index in [9.17, 15) is 42.3 Å². The first-order valence-corrected chi connectivity index (χ1v) is 18.6. The van der Waals surface area contributed by atoms with Crippen LogP contribution in [0.1, 0.15) is 21.8 Å². The molecule has 0 aliphatic carbocycles. The Morgan fingerprint density at radius 1 is 0.783 bits per heavy atom. The van der Waals surface area contributed by atoms with Crippen molar-refractivity contribution in [3.05, 3.63) is 138 Å². The van der Waals surface area contributed by atoms with Crippen molar-refractivity contribution in [3.8, 4) is 22.9 Å². The number of fused-ring (bicyclic) bond motifs is 2. The van der Waals surface area contributed by atoms with Crippen molar-refractivity contribution in [1.82, 2.24) is 14.1 Å². The predicted molar refractivity (Wildman–Crippen MR) is 208 cm³/mol. The highest BCUT2D eigenvalue weighted by atomic mass is 32.2. The van der Waals surface area contributed by atoms with Gasteiger partial charge in [0.2, 0.25) is 0 Å². The zero-order valence-corrected chi connectivity index (χ0v) is 32.2. The molecule has 1 atom stereocenters. The highest BCUT2D eigenvalue weighted by Crippen LogP contribution is 2.27. The fourth-order valence-corrected chi connectivity index (χ4v) is 6.68. The summed E-state index contributed by atoms with van der Waals surface area (Å²) in [6.07, 6.45) is -1.17. The maximum atomic E-state index is 14.0. The van der Waals surface area contributed by atoms with Crippen molar-refractivity contribution in [2.24, 2.45) is 0 Å². The third kappa shape index (κ3) is 7.75. The molecule has 0 saturated heterocycles. The number of benzene rings is 4. The number of oxazole rings is 1. The summed E-state index contributed by atoms with van der Waals surface area (Å²) in [6.45, 7) is 1.46. The minimum Gasteiger partial charge on any atom is -0.437 e. The van der Waals surface area contributed by atoms with Gasteiger partial charge < -0.3 is 42.6 Å². The minimum absolute atomic E-state index is 0.0717. The van der Waals surface area contributed by atoms with Crippen molar-refractivity contribution in [2.45, 2.75) is 25.2 Å². The summed E-state index contributed by atoms with van der Waals surface area (Å²) >= 11 is 0. The van der Waals surface area contributed by atoms with E-state index >= 15 is 0 Å². The second-order valence-electron chi connectivity index (χ2n) is 12.5. The van der Waals surface area contributed by atoms with Gasteiger partial charge in [0.1, 0.15) is 5.76 Å². The number of amides is 1. The summed E-state index contributed by atoms with van der Waals surface area (Å²) in [6, 6.07) is 15.6. The summed E-state index contributed by atoms with van der Waals surface area (Å²) in [5, 5.41) is 11.9. The molecule has 0 bridgehead atoms. The molecule has 0 fully saturated rings. The van der Waals surface area contributed by atoms with Gasteiger partial charge >= 0.3 is 30.2 Å². The molecular formula is C38H29N5O16S. The van der Waals surface area contributed by atoms with Gasteiger partial charge in [-0.3, -0.25) is 14.4 Å². The van der Waals surface area contributed by atoms with Crippen LogP contribution in [0.15, 0.2) is 116 Å². The van der Waals surface area contributed by atoms with Crippen LogP contribution in [-0.4, -0.2) is 60.4 Å². The molecule has 3 aromatic heterocycles. The number of nitrogens with one attached hydrogen (secondary N) is 2. The van der Waals surface area contributed by atoms with Crippen molar-refractivity contribution in [2.75, 3.05) is 24.3 Å². The smallest absolute Gasteiger partial charge is 0.437 e. The Morgan fingerprint density at radius 2 is 1.35 bits per heavy atom. The van der Waals surface area contributed by atoms with E-state index < -0.39 is 56.8 Å². The molecule has 0 saturated carbocycles. The maximum absolute atomic E-state index is 14.0. The van der Waals surface area contributed by atoms with E-state index in [2.05, 4.69) is 24.5 Å². The van der Waals surface area contributed by atoms with Crippen LogP contribution >= 0.6 is 0 Å². The lowest BCUT2D eigenvalue weighted by molar-refractivity contribution is -0.200. The summed E-state index contributed by atoms with van der Waals surface area (Å²) in [7, 11) is -2.00. The van der Waals surface area contributed by atoms with Crippen molar-refractivity contribution < 1.29 is 55.3 Å². The van der Waals surface area contributed by atoms with Gasteiger partial charge in [0.15, 0.2) is 22.7 Å². The number of carbonyl (C=O) groups excluding carboxylic acids is 2. The number of carbonyl (C=O) groups is 2. The minimum atomic E-state index is -4.17. The van der Waals surface area contributed by atoms with Crippen molar-refractivity contribution in [1.29, 1.82) is 0 Å². The Morgan fingerprint density at radius 3 is 1.88 bits per heavy atom. The second kappa shape index (κ2) is 15.8. The molecule has 7 aromatic rings. The van der Waals surface area contributed by atoms with Gasteiger partial charge in [0, 0.05) is 18.4 Å². The van der Waals surface area contributed by atoms with Crippen LogP contribution in [0, 0.1) is 13.8 Å². The summed E-state index contributed by atoms with van der Waals surface area (Å²) in [4.78, 5) is 84.6. The third-order valence-corrected chi connectivity index (χ3v) is 10.0. The third-order valence-electron chi connectivity index (χ3n) is 8.71. The van der Waals surface area contributed by atoms with Crippen LogP contribution in [0.4, 0.5) is 16.5 Å². The molecule has 4 aromatic carbocycles. The Kier molecular flexibility index (Phi) is 10.7.